The second-order valence-electron chi connectivity index (χ2n) is 3.75. The maximum Gasteiger partial charge on any atom is 0.226 e. The van der Waals surface area contributed by atoms with Crippen LogP contribution in [0.1, 0.15) is 23.9 Å². The van der Waals surface area contributed by atoms with Crippen LogP contribution >= 0.6 is 11.3 Å². The Balaban J connectivity index is 2.51. The van der Waals surface area contributed by atoms with Crippen molar-refractivity contribution in [3.63, 3.8) is 0 Å². The number of nitrogens with two attached hydrogens (primary N) is 1. The van der Waals surface area contributed by atoms with Gasteiger partial charge in [0.25, 0.3) is 0 Å². The Morgan fingerprint density at radius 3 is 2.73 bits per heavy atom. The summed E-state index contributed by atoms with van der Waals surface area (Å²) in [5.74, 6) is 0.203. The lowest BCUT2D eigenvalue weighted by Crippen LogP contribution is -2.19. The summed E-state index contributed by atoms with van der Waals surface area (Å²) in [4.78, 5) is 16.9. The fraction of sp³-hybridized carbons (Fsp3) is 0.600. The van der Waals surface area contributed by atoms with Crippen molar-refractivity contribution in [1.29, 1.82) is 0 Å². The lowest BCUT2D eigenvalue weighted by atomic mass is 10.1. The average Bonchev–Trinajstić information content (AvgIpc) is 2.45. The van der Waals surface area contributed by atoms with Crippen LogP contribution in [0, 0.1) is 19.8 Å². The van der Waals surface area contributed by atoms with E-state index in [1.807, 2.05) is 20.8 Å². The van der Waals surface area contributed by atoms with Gasteiger partial charge in [-0.1, -0.05) is 6.92 Å². The van der Waals surface area contributed by atoms with Gasteiger partial charge in [-0.15, -0.1) is 11.3 Å². The number of aromatic nitrogens is 1. The summed E-state index contributed by atoms with van der Waals surface area (Å²) in [5, 5.41) is 3.46. The molecule has 0 saturated carbocycles. The van der Waals surface area contributed by atoms with E-state index in [1.165, 1.54) is 11.3 Å². The summed E-state index contributed by atoms with van der Waals surface area (Å²) in [6.07, 6.45) is 0.453. The van der Waals surface area contributed by atoms with Crippen LogP contribution in [0.3, 0.4) is 0 Å². The molecule has 4 nitrogen and oxygen atoms in total. The summed E-state index contributed by atoms with van der Waals surface area (Å²) in [6.45, 7) is 6.41. The molecule has 0 spiro atoms. The Hall–Kier alpha value is -0.940. The molecule has 1 unspecified atom stereocenters. The maximum atomic E-state index is 11.5. The zero-order chi connectivity index (χ0) is 11.4. The molecule has 0 aliphatic heterocycles. The zero-order valence-electron chi connectivity index (χ0n) is 9.33. The van der Waals surface area contributed by atoms with E-state index in [1.54, 1.807) is 0 Å². The monoisotopic (exact) mass is 227 g/mol. The van der Waals surface area contributed by atoms with Crippen LogP contribution in [0.4, 0.5) is 5.13 Å². The van der Waals surface area contributed by atoms with Gasteiger partial charge >= 0.3 is 0 Å². The molecule has 1 atom stereocenters. The number of carbonyl (C=O) groups excluding carboxylic acids is 1. The minimum atomic E-state index is -0.0123. The molecular weight excluding hydrogens is 210 g/mol. The predicted molar refractivity (Wildman–Crippen MR) is 63.1 cm³/mol. The number of aryl methyl sites for hydroxylation is 2. The van der Waals surface area contributed by atoms with Crippen molar-refractivity contribution in [2.24, 2.45) is 11.7 Å². The molecule has 0 fully saturated rings. The van der Waals surface area contributed by atoms with Crippen molar-refractivity contribution < 1.29 is 4.79 Å². The van der Waals surface area contributed by atoms with Gasteiger partial charge in [-0.2, -0.15) is 0 Å². The number of amides is 1. The molecule has 3 N–H and O–H groups in total. The highest BCUT2D eigenvalue weighted by atomic mass is 32.1. The largest absolute Gasteiger partial charge is 0.330 e. The lowest BCUT2D eigenvalue weighted by molar-refractivity contribution is -0.116. The molecule has 0 aromatic carbocycles. The van der Waals surface area contributed by atoms with E-state index in [-0.39, 0.29) is 11.8 Å². The summed E-state index contributed by atoms with van der Waals surface area (Å²) in [5.41, 5.74) is 6.42. The minimum absolute atomic E-state index is 0.0123. The molecule has 15 heavy (non-hydrogen) atoms. The Kier molecular flexibility index (Phi) is 4.23. The topological polar surface area (TPSA) is 68.0 Å². The molecule has 1 amide bonds. The van der Waals surface area contributed by atoms with Crippen LogP contribution in [-0.4, -0.2) is 17.4 Å². The molecule has 0 saturated heterocycles. The molecule has 0 aliphatic rings. The summed E-state index contributed by atoms with van der Waals surface area (Å²) >= 11 is 1.50. The third kappa shape index (κ3) is 3.60. The van der Waals surface area contributed by atoms with Crippen molar-refractivity contribution in [3.8, 4) is 0 Å². The smallest absolute Gasteiger partial charge is 0.226 e. The first-order valence-corrected chi connectivity index (χ1v) is 5.78. The molecular formula is C10H17N3OS. The Bertz CT molecular complexity index is 329. The molecule has 1 rings (SSSR count). The van der Waals surface area contributed by atoms with Gasteiger partial charge in [-0.05, 0) is 26.3 Å². The van der Waals surface area contributed by atoms with Crippen LogP contribution in [0.15, 0.2) is 0 Å². The van der Waals surface area contributed by atoms with E-state index < -0.39 is 0 Å². The minimum Gasteiger partial charge on any atom is -0.330 e. The van der Waals surface area contributed by atoms with Gasteiger partial charge in [-0.25, -0.2) is 4.98 Å². The van der Waals surface area contributed by atoms with Gasteiger partial charge in [0.05, 0.1) is 5.69 Å². The number of hydrogen-bond donors (Lipinski definition) is 2. The lowest BCUT2D eigenvalue weighted by Gasteiger charge is -2.06. The van der Waals surface area contributed by atoms with Crippen LogP contribution in [-0.2, 0) is 4.79 Å². The maximum absolute atomic E-state index is 11.5. The average molecular weight is 227 g/mol. The first kappa shape index (κ1) is 12.1. The van der Waals surface area contributed by atoms with Crippen molar-refractivity contribution in [2.45, 2.75) is 27.2 Å². The Labute approximate surface area is 93.9 Å². The molecule has 1 aromatic heterocycles. The number of rotatable bonds is 4. The second kappa shape index (κ2) is 5.23. The highest BCUT2D eigenvalue weighted by Crippen LogP contribution is 2.21. The molecule has 84 valence electrons. The molecule has 1 heterocycles. The quantitative estimate of drug-likeness (QED) is 0.822. The Morgan fingerprint density at radius 2 is 2.27 bits per heavy atom. The van der Waals surface area contributed by atoms with E-state index in [4.69, 9.17) is 5.73 Å². The number of nitrogens with zero attached hydrogens (tertiary/aromatic N) is 1. The van der Waals surface area contributed by atoms with E-state index in [9.17, 15) is 4.79 Å². The van der Waals surface area contributed by atoms with E-state index in [0.29, 0.717) is 18.1 Å². The molecule has 1 aromatic rings. The third-order valence-corrected chi connectivity index (χ3v) is 3.20. The van der Waals surface area contributed by atoms with E-state index >= 15 is 0 Å². The van der Waals surface area contributed by atoms with E-state index in [2.05, 4.69) is 10.3 Å². The molecule has 0 aliphatic carbocycles. The zero-order valence-corrected chi connectivity index (χ0v) is 10.1. The predicted octanol–water partition coefficient (Wildman–Crippen LogP) is 1.68. The van der Waals surface area contributed by atoms with Crippen molar-refractivity contribution in [3.05, 3.63) is 10.6 Å². The fourth-order valence-electron chi connectivity index (χ4n) is 1.10. The van der Waals surface area contributed by atoms with Gasteiger partial charge in [0.1, 0.15) is 0 Å². The Morgan fingerprint density at radius 1 is 1.60 bits per heavy atom. The van der Waals surface area contributed by atoms with Crippen molar-refractivity contribution in [2.75, 3.05) is 11.9 Å². The molecule has 0 radical (unpaired) electrons. The van der Waals surface area contributed by atoms with Gasteiger partial charge in [0.15, 0.2) is 5.13 Å². The fourth-order valence-corrected chi connectivity index (χ4v) is 1.93. The standard InChI is InChI=1S/C10H17N3OS/c1-6(5-11)4-9(14)13-10-12-7(2)8(3)15-10/h6H,4-5,11H2,1-3H3,(H,12,13,14). The van der Waals surface area contributed by atoms with Crippen molar-refractivity contribution in [1.82, 2.24) is 4.98 Å². The summed E-state index contributed by atoms with van der Waals surface area (Å²) in [6, 6.07) is 0. The van der Waals surface area contributed by atoms with Crippen LogP contribution in [0.5, 0.6) is 0 Å². The van der Waals surface area contributed by atoms with Crippen molar-refractivity contribution >= 4 is 22.4 Å². The number of thiazole rings is 1. The van der Waals surface area contributed by atoms with Crippen LogP contribution in [0.2, 0.25) is 0 Å². The SMILES string of the molecule is Cc1nc(NC(=O)CC(C)CN)sc1C. The van der Waals surface area contributed by atoms with E-state index in [0.717, 1.165) is 10.6 Å². The van der Waals surface area contributed by atoms with Gasteiger partial charge in [-0.3, -0.25) is 4.79 Å². The first-order chi connectivity index (χ1) is 7.02. The number of nitrogens with one attached hydrogen (secondary N) is 1. The number of hydrogen-bond acceptors (Lipinski definition) is 4. The van der Waals surface area contributed by atoms with Gasteiger partial charge < -0.3 is 11.1 Å². The normalized spacial score (nSPS) is 12.5. The van der Waals surface area contributed by atoms with Crippen LogP contribution < -0.4 is 11.1 Å². The first-order valence-electron chi connectivity index (χ1n) is 4.97. The number of carbonyl (C=O) groups is 1. The van der Waals surface area contributed by atoms with Gasteiger partial charge in [0, 0.05) is 11.3 Å². The highest BCUT2D eigenvalue weighted by molar-refractivity contribution is 7.15. The summed E-state index contributed by atoms with van der Waals surface area (Å²) in [7, 11) is 0. The summed E-state index contributed by atoms with van der Waals surface area (Å²) < 4.78 is 0. The van der Waals surface area contributed by atoms with Crippen LogP contribution in [0.25, 0.3) is 0 Å². The van der Waals surface area contributed by atoms with Gasteiger partial charge in [0.2, 0.25) is 5.91 Å². The second-order valence-corrected chi connectivity index (χ2v) is 4.96. The molecule has 0 bridgehead atoms. The highest BCUT2D eigenvalue weighted by Gasteiger charge is 2.10. The molecule has 5 heteroatoms. The third-order valence-electron chi connectivity index (χ3n) is 2.21. The number of anilines is 1.